The maximum Gasteiger partial charge on any atom is 0.577 e. The first-order chi connectivity index (χ1) is 9.51. The fraction of sp³-hybridized carbons (Fsp3) is 0.222. The molecular weight excluding hydrogens is 305 g/mol. The Morgan fingerprint density at radius 3 is 2.19 bits per heavy atom. The number of nitrogens with zero attached hydrogens (tertiary/aromatic N) is 2. The number of aryl methyl sites for hydroxylation is 1. The van der Waals surface area contributed by atoms with Gasteiger partial charge in [0.15, 0.2) is 0 Å². The second-order valence-electron chi connectivity index (χ2n) is 3.52. The van der Waals surface area contributed by atoms with Crippen LogP contribution in [0.3, 0.4) is 0 Å². The topological polar surface area (TPSA) is 122 Å². The van der Waals surface area contributed by atoms with Gasteiger partial charge in [0.2, 0.25) is 5.75 Å². The van der Waals surface area contributed by atoms with E-state index in [2.05, 4.69) is 9.47 Å². The van der Waals surface area contributed by atoms with Crippen LogP contribution in [0.25, 0.3) is 0 Å². The molecule has 1 rings (SSSR count). The number of nitro benzene ring substituents is 2. The molecule has 1 aromatic rings. The zero-order chi connectivity index (χ0) is 16.4. The molecule has 12 heteroatoms. The number of halogens is 3. The van der Waals surface area contributed by atoms with Gasteiger partial charge in [0, 0.05) is 11.6 Å². The van der Waals surface area contributed by atoms with Crippen molar-refractivity contribution in [1.82, 2.24) is 0 Å². The van der Waals surface area contributed by atoms with E-state index in [0.29, 0.717) is 6.07 Å². The molecule has 0 aliphatic rings. The first-order valence-electron chi connectivity index (χ1n) is 4.92. The van der Waals surface area contributed by atoms with Crippen LogP contribution in [0.5, 0.6) is 5.75 Å². The summed E-state index contributed by atoms with van der Waals surface area (Å²) in [6.45, 7) is 1.09. The standard InChI is InChI=1S/C9H5F3N2O7/c1-4-2-5(13(16)17)3-6(7(4)14(18)19)20-8(15)21-9(10,11)12/h2-3H,1H3. The van der Waals surface area contributed by atoms with Crippen molar-refractivity contribution < 1.29 is 37.3 Å². The lowest BCUT2D eigenvalue weighted by Gasteiger charge is -2.08. The lowest BCUT2D eigenvalue weighted by atomic mass is 10.1. The monoisotopic (exact) mass is 310 g/mol. The van der Waals surface area contributed by atoms with Crippen molar-refractivity contribution in [3.05, 3.63) is 37.9 Å². The molecule has 114 valence electrons. The fourth-order valence-electron chi connectivity index (χ4n) is 1.35. The molecule has 0 spiro atoms. The number of non-ortho nitro benzene ring substituents is 1. The predicted octanol–water partition coefficient (Wildman–Crippen LogP) is 2.85. The van der Waals surface area contributed by atoms with Gasteiger partial charge in [0.1, 0.15) is 0 Å². The molecule has 0 aliphatic carbocycles. The van der Waals surface area contributed by atoms with E-state index in [0.717, 1.165) is 13.0 Å². The fourth-order valence-corrected chi connectivity index (χ4v) is 1.35. The second-order valence-corrected chi connectivity index (χ2v) is 3.52. The SMILES string of the molecule is Cc1cc([N+](=O)[O-])cc(OC(=O)OC(F)(F)F)c1[N+](=O)[O-]. The van der Waals surface area contributed by atoms with Crippen molar-refractivity contribution in [2.75, 3.05) is 0 Å². The van der Waals surface area contributed by atoms with Crippen molar-refractivity contribution in [3.63, 3.8) is 0 Å². The highest BCUT2D eigenvalue weighted by Crippen LogP contribution is 2.35. The van der Waals surface area contributed by atoms with Crippen LogP contribution in [0.1, 0.15) is 5.56 Å². The Labute approximate surface area is 113 Å². The summed E-state index contributed by atoms with van der Waals surface area (Å²) >= 11 is 0. The zero-order valence-corrected chi connectivity index (χ0v) is 10.0. The molecule has 0 saturated carbocycles. The van der Waals surface area contributed by atoms with Gasteiger partial charge in [-0.3, -0.25) is 20.2 Å². The van der Waals surface area contributed by atoms with E-state index >= 15 is 0 Å². The van der Waals surface area contributed by atoms with Gasteiger partial charge >= 0.3 is 18.2 Å². The average molecular weight is 310 g/mol. The number of alkyl halides is 3. The van der Waals surface area contributed by atoms with Crippen LogP contribution in [0, 0.1) is 27.2 Å². The quantitative estimate of drug-likeness (QED) is 0.364. The van der Waals surface area contributed by atoms with Crippen LogP contribution in [0.2, 0.25) is 0 Å². The lowest BCUT2D eigenvalue weighted by molar-refractivity contribution is -0.390. The Bertz CT molecular complexity index is 614. The molecule has 0 amide bonds. The maximum atomic E-state index is 11.8. The summed E-state index contributed by atoms with van der Waals surface area (Å²) in [5.74, 6) is -1.03. The molecule has 0 bridgehead atoms. The van der Waals surface area contributed by atoms with Gasteiger partial charge in [-0.2, -0.15) is 0 Å². The highest BCUT2D eigenvalue weighted by Gasteiger charge is 2.36. The van der Waals surface area contributed by atoms with Crippen LogP contribution in [0.15, 0.2) is 12.1 Å². The summed E-state index contributed by atoms with van der Waals surface area (Å²) < 4.78 is 42.3. The molecule has 0 atom stereocenters. The minimum Gasteiger partial charge on any atom is -0.387 e. The zero-order valence-electron chi connectivity index (χ0n) is 10.0. The molecule has 1 aromatic carbocycles. The summed E-state index contributed by atoms with van der Waals surface area (Å²) in [4.78, 5) is 30.2. The number of hydrogen-bond donors (Lipinski definition) is 0. The Balaban J connectivity index is 3.22. The molecule has 9 nitrogen and oxygen atoms in total. The third kappa shape index (κ3) is 4.29. The maximum absolute atomic E-state index is 11.8. The third-order valence-electron chi connectivity index (χ3n) is 2.04. The van der Waals surface area contributed by atoms with E-state index in [9.17, 15) is 38.2 Å². The molecule has 0 fully saturated rings. The highest BCUT2D eigenvalue weighted by molar-refractivity contribution is 5.69. The molecule has 0 saturated heterocycles. The Morgan fingerprint density at radius 2 is 1.76 bits per heavy atom. The first-order valence-corrected chi connectivity index (χ1v) is 4.92. The smallest absolute Gasteiger partial charge is 0.387 e. The van der Waals surface area contributed by atoms with Crippen LogP contribution in [-0.4, -0.2) is 22.4 Å². The van der Waals surface area contributed by atoms with Crippen molar-refractivity contribution in [3.8, 4) is 5.75 Å². The Morgan fingerprint density at radius 1 is 1.19 bits per heavy atom. The second kappa shape index (κ2) is 5.60. The molecule has 0 radical (unpaired) electrons. The van der Waals surface area contributed by atoms with Crippen LogP contribution in [-0.2, 0) is 4.74 Å². The van der Waals surface area contributed by atoms with Gasteiger partial charge in [0.25, 0.3) is 5.69 Å². The summed E-state index contributed by atoms with van der Waals surface area (Å²) in [7, 11) is 0. The van der Waals surface area contributed by atoms with Gasteiger partial charge in [-0.1, -0.05) is 0 Å². The number of nitro groups is 2. The first kappa shape index (κ1) is 16.1. The average Bonchev–Trinajstić information content (AvgIpc) is 2.24. The van der Waals surface area contributed by atoms with Crippen molar-refractivity contribution >= 4 is 17.5 Å². The lowest BCUT2D eigenvalue weighted by Crippen LogP contribution is -2.22. The van der Waals surface area contributed by atoms with Gasteiger partial charge < -0.3 is 9.47 Å². The van der Waals surface area contributed by atoms with E-state index in [-0.39, 0.29) is 5.56 Å². The largest absolute Gasteiger partial charge is 0.577 e. The third-order valence-corrected chi connectivity index (χ3v) is 2.04. The van der Waals surface area contributed by atoms with Gasteiger partial charge in [-0.05, 0) is 6.92 Å². The summed E-state index contributed by atoms with van der Waals surface area (Å²) in [5.41, 5.74) is -1.86. The molecule has 21 heavy (non-hydrogen) atoms. The summed E-state index contributed by atoms with van der Waals surface area (Å²) in [6, 6.07) is 1.25. The normalized spacial score (nSPS) is 10.9. The number of carbonyl (C=O) groups excluding carboxylic acids is 1. The number of rotatable bonds is 3. The van der Waals surface area contributed by atoms with Crippen LogP contribution >= 0.6 is 0 Å². The number of hydrogen-bond acceptors (Lipinski definition) is 7. The summed E-state index contributed by atoms with van der Waals surface area (Å²) in [5, 5.41) is 21.4. The Kier molecular flexibility index (Phi) is 4.30. The minimum atomic E-state index is -5.36. The predicted molar refractivity (Wildman–Crippen MR) is 57.7 cm³/mol. The van der Waals surface area contributed by atoms with Crippen molar-refractivity contribution in [2.45, 2.75) is 13.3 Å². The van der Waals surface area contributed by atoms with Gasteiger partial charge in [-0.15, -0.1) is 13.2 Å². The van der Waals surface area contributed by atoms with E-state index < -0.39 is 39.5 Å². The van der Waals surface area contributed by atoms with E-state index in [4.69, 9.17) is 0 Å². The van der Waals surface area contributed by atoms with E-state index in [1.807, 2.05) is 0 Å². The van der Waals surface area contributed by atoms with Crippen molar-refractivity contribution in [1.29, 1.82) is 0 Å². The number of carbonyl (C=O) groups is 1. The molecule has 0 aliphatic heterocycles. The molecule has 0 N–H and O–H groups in total. The molecule has 0 heterocycles. The van der Waals surface area contributed by atoms with E-state index in [1.54, 1.807) is 0 Å². The number of benzene rings is 1. The van der Waals surface area contributed by atoms with Crippen LogP contribution < -0.4 is 4.74 Å². The van der Waals surface area contributed by atoms with Crippen LogP contribution in [0.4, 0.5) is 29.3 Å². The Hall–Kier alpha value is -2.92. The molecule has 0 aromatic heterocycles. The van der Waals surface area contributed by atoms with E-state index in [1.165, 1.54) is 0 Å². The molecular formula is C9H5F3N2O7. The molecule has 0 unspecified atom stereocenters. The van der Waals surface area contributed by atoms with Gasteiger partial charge in [0.05, 0.1) is 15.9 Å². The minimum absolute atomic E-state index is 0.274. The van der Waals surface area contributed by atoms with Crippen molar-refractivity contribution in [2.24, 2.45) is 0 Å². The summed E-state index contributed by atoms with van der Waals surface area (Å²) in [6.07, 6.45) is -7.66. The van der Waals surface area contributed by atoms with Gasteiger partial charge in [-0.25, -0.2) is 4.79 Å². The number of ether oxygens (including phenoxy) is 2. The highest BCUT2D eigenvalue weighted by atomic mass is 19.4.